The van der Waals surface area contributed by atoms with Gasteiger partial charge >= 0.3 is 5.97 Å². The van der Waals surface area contributed by atoms with Crippen molar-refractivity contribution in [1.29, 1.82) is 0 Å². The zero-order valence-corrected chi connectivity index (χ0v) is 22.2. The van der Waals surface area contributed by atoms with Gasteiger partial charge in [-0.15, -0.1) is 0 Å². The van der Waals surface area contributed by atoms with Crippen LogP contribution in [-0.4, -0.2) is 52.7 Å². The molecule has 3 aromatic heterocycles. The van der Waals surface area contributed by atoms with Crippen LogP contribution < -0.4 is 15.4 Å². The number of methoxy groups -OCH3 is 1. The summed E-state index contributed by atoms with van der Waals surface area (Å²) in [4.78, 5) is 24.9. The number of aryl methyl sites for hydroxylation is 3. The zero-order chi connectivity index (χ0) is 27.1. The molecule has 0 aliphatic heterocycles. The molecule has 0 bridgehead atoms. The van der Waals surface area contributed by atoms with Gasteiger partial charge in [0.1, 0.15) is 11.9 Å². The van der Waals surface area contributed by atoms with Crippen LogP contribution in [0, 0.1) is 13.8 Å². The second-order valence-electron chi connectivity index (χ2n) is 7.91. The zero-order valence-electron chi connectivity index (χ0n) is 22.2. The molecule has 3 N–H and O–H groups in total. The first-order valence-corrected chi connectivity index (χ1v) is 12.0. The predicted octanol–water partition coefficient (Wildman–Crippen LogP) is 4.72. The summed E-state index contributed by atoms with van der Waals surface area (Å²) in [6, 6.07) is 5.38. The van der Waals surface area contributed by atoms with Crippen molar-refractivity contribution in [3.8, 4) is 17.1 Å². The minimum Gasteiger partial charge on any atom is -0.494 e. The number of aromatic carboxylic acids is 1. The van der Waals surface area contributed by atoms with Gasteiger partial charge in [0.05, 0.1) is 35.4 Å². The fourth-order valence-electron chi connectivity index (χ4n) is 3.73. The van der Waals surface area contributed by atoms with Crippen LogP contribution in [0.3, 0.4) is 0 Å². The van der Waals surface area contributed by atoms with Crippen molar-refractivity contribution >= 4 is 29.1 Å². The van der Waals surface area contributed by atoms with Gasteiger partial charge in [0.2, 0.25) is 5.95 Å². The van der Waals surface area contributed by atoms with Crippen LogP contribution in [0.4, 0.5) is 23.1 Å². The SMILES string of the molecule is CC.CCCn1nc(C)c(Nc2ncc(C(=O)O)c(Nc3cccc(-c4ncn(C)n4)c3OC)n2)c1C. The maximum Gasteiger partial charge on any atom is 0.341 e. The lowest BCUT2D eigenvalue weighted by atomic mass is 10.1. The first kappa shape index (κ1) is 27.1. The van der Waals surface area contributed by atoms with Crippen molar-refractivity contribution in [2.75, 3.05) is 17.7 Å². The lowest BCUT2D eigenvalue weighted by molar-refractivity contribution is 0.0697. The van der Waals surface area contributed by atoms with E-state index in [2.05, 4.69) is 42.7 Å². The Balaban J connectivity index is 0.00000186. The number of hydrogen-bond donors (Lipinski definition) is 3. The number of rotatable bonds is 9. The van der Waals surface area contributed by atoms with Crippen LogP contribution in [-0.2, 0) is 13.6 Å². The van der Waals surface area contributed by atoms with Gasteiger partial charge in [0.15, 0.2) is 17.4 Å². The van der Waals surface area contributed by atoms with Crippen LogP contribution in [0.15, 0.2) is 30.7 Å². The minimum atomic E-state index is -1.16. The minimum absolute atomic E-state index is 0.0888. The van der Waals surface area contributed by atoms with Crippen molar-refractivity contribution in [2.45, 2.75) is 47.6 Å². The van der Waals surface area contributed by atoms with Gasteiger partial charge in [0, 0.05) is 19.8 Å². The summed E-state index contributed by atoms with van der Waals surface area (Å²) < 4.78 is 9.14. The second kappa shape index (κ2) is 12.0. The Morgan fingerprint density at radius 1 is 1.14 bits per heavy atom. The highest BCUT2D eigenvalue weighted by Crippen LogP contribution is 2.37. The third-order valence-electron chi connectivity index (χ3n) is 5.39. The van der Waals surface area contributed by atoms with Crippen molar-refractivity contribution < 1.29 is 14.6 Å². The second-order valence-corrected chi connectivity index (χ2v) is 7.91. The summed E-state index contributed by atoms with van der Waals surface area (Å²) in [5, 5.41) is 24.9. The lowest BCUT2D eigenvalue weighted by Crippen LogP contribution is -2.09. The molecule has 0 aliphatic carbocycles. The van der Waals surface area contributed by atoms with E-state index < -0.39 is 5.97 Å². The quantitative estimate of drug-likeness (QED) is 0.291. The number of carboxylic acid groups (broad SMARTS) is 1. The number of carboxylic acids is 1. The summed E-state index contributed by atoms with van der Waals surface area (Å²) in [6.07, 6.45) is 3.80. The van der Waals surface area contributed by atoms with Gasteiger partial charge in [-0.1, -0.05) is 26.8 Å². The van der Waals surface area contributed by atoms with Crippen LogP contribution in [0.2, 0.25) is 0 Å². The monoisotopic (exact) mass is 507 g/mol. The first-order valence-electron chi connectivity index (χ1n) is 12.0. The maximum atomic E-state index is 11.9. The van der Waals surface area contributed by atoms with Crippen molar-refractivity contribution in [3.63, 3.8) is 0 Å². The smallest absolute Gasteiger partial charge is 0.341 e. The Morgan fingerprint density at radius 3 is 2.51 bits per heavy atom. The number of aromatic nitrogens is 7. The highest BCUT2D eigenvalue weighted by molar-refractivity contribution is 5.94. The fourth-order valence-corrected chi connectivity index (χ4v) is 3.73. The molecule has 0 spiro atoms. The molecule has 3 heterocycles. The van der Waals surface area contributed by atoms with E-state index in [4.69, 9.17) is 4.74 Å². The van der Waals surface area contributed by atoms with Crippen molar-refractivity contribution in [3.05, 3.63) is 47.7 Å². The van der Waals surface area contributed by atoms with E-state index in [0.717, 1.165) is 30.0 Å². The van der Waals surface area contributed by atoms with Gasteiger partial charge in [-0.05, 0) is 32.4 Å². The molecule has 1 aromatic carbocycles. The van der Waals surface area contributed by atoms with Crippen LogP contribution in [0.25, 0.3) is 11.4 Å². The number of nitrogens with one attached hydrogen (secondary N) is 2. The number of para-hydroxylation sites is 1. The number of hydrogen-bond acceptors (Lipinski definition) is 9. The summed E-state index contributed by atoms with van der Waals surface area (Å²) in [7, 11) is 3.30. The molecule has 0 atom stereocenters. The highest BCUT2D eigenvalue weighted by Gasteiger charge is 2.20. The Bertz CT molecular complexity index is 1380. The Kier molecular flexibility index (Phi) is 8.77. The molecule has 0 radical (unpaired) electrons. The molecule has 0 fully saturated rings. The van der Waals surface area contributed by atoms with Crippen molar-refractivity contribution in [1.82, 2.24) is 34.5 Å². The first-order chi connectivity index (χ1) is 17.8. The highest BCUT2D eigenvalue weighted by atomic mass is 16.5. The average molecular weight is 508 g/mol. The molecular weight excluding hydrogens is 474 g/mol. The summed E-state index contributed by atoms with van der Waals surface area (Å²) in [6.45, 7) is 10.7. The number of nitrogens with zero attached hydrogens (tertiary/aromatic N) is 7. The molecule has 12 nitrogen and oxygen atoms in total. The van der Waals surface area contributed by atoms with Gasteiger partial charge < -0.3 is 20.5 Å². The van der Waals surface area contributed by atoms with E-state index in [-0.39, 0.29) is 17.3 Å². The summed E-state index contributed by atoms with van der Waals surface area (Å²) in [5.74, 6) is 0.114. The van der Waals surface area contributed by atoms with Gasteiger partial charge in [0.25, 0.3) is 0 Å². The molecule has 4 aromatic rings. The van der Waals surface area contributed by atoms with E-state index in [9.17, 15) is 9.90 Å². The third kappa shape index (κ3) is 5.85. The van der Waals surface area contributed by atoms with Gasteiger partial charge in [-0.25, -0.2) is 14.8 Å². The molecule has 0 aliphatic rings. The summed E-state index contributed by atoms with van der Waals surface area (Å²) in [5.41, 5.74) is 3.60. The van der Waals surface area contributed by atoms with Crippen LogP contribution in [0.1, 0.15) is 48.9 Å². The number of ether oxygens (including phenoxy) is 1. The molecular formula is C25H33N9O3. The fraction of sp³-hybridized carbons (Fsp3) is 0.360. The molecule has 0 unspecified atom stereocenters. The maximum absolute atomic E-state index is 11.9. The van der Waals surface area contributed by atoms with Crippen LogP contribution >= 0.6 is 0 Å². The van der Waals surface area contributed by atoms with Gasteiger partial charge in [-0.3, -0.25) is 9.36 Å². The normalized spacial score (nSPS) is 10.5. The standard InChI is InChI=1S/C23H27N9O3.C2H6/c1-6-10-32-14(3)18(13(2)29-32)27-23-24-11-16(22(33)34)21(28-23)26-17-9-7-8-15(19(17)35-5)20-25-12-31(4)30-20;1-2/h7-9,11-12H,6,10H2,1-5H3,(H,33,34)(H2,24,26,27,28);1-2H3. The summed E-state index contributed by atoms with van der Waals surface area (Å²) >= 11 is 0. The molecule has 196 valence electrons. The Hall–Kier alpha value is -4.48. The lowest BCUT2D eigenvalue weighted by Gasteiger charge is -2.15. The molecule has 0 amide bonds. The predicted molar refractivity (Wildman–Crippen MR) is 142 cm³/mol. The Labute approximate surface area is 215 Å². The largest absolute Gasteiger partial charge is 0.494 e. The molecule has 0 saturated carbocycles. The van der Waals surface area contributed by atoms with E-state index in [1.54, 1.807) is 30.2 Å². The molecule has 4 rings (SSSR count). The number of benzene rings is 1. The molecule has 12 heteroatoms. The van der Waals surface area contributed by atoms with E-state index in [0.29, 0.717) is 22.8 Å². The molecule has 37 heavy (non-hydrogen) atoms. The van der Waals surface area contributed by atoms with E-state index >= 15 is 0 Å². The topological polar surface area (TPSA) is 145 Å². The Morgan fingerprint density at radius 2 is 1.89 bits per heavy atom. The average Bonchev–Trinajstić information content (AvgIpc) is 3.43. The third-order valence-corrected chi connectivity index (χ3v) is 5.39. The van der Waals surface area contributed by atoms with E-state index in [1.165, 1.54) is 13.3 Å². The van der Waals surface area contributed by atoms with Crippen molar-refractivity contribution in [2.24, 2.45) is 7.05 Å². The number of carbonyl (C=O) groups is 1. The number of anilines is 4. The van der Waals surface area contributed by atoms with E-state index in [1.807, 2.05) is 38.4 Å². The van der Waals surface area contributed by atoms with Gasteiger partial charge in [-0.2, -0.15) is 15.2 Å². The van der Waals surface area contributed by atoms with Crippen LogP contribution in [0.5, 0.6) is 5.75 Å². The molecule has 0 saturated heterocycles.